The van der Waals surface area contributed by atoms with Gasteiger partial charge in [0.05, 0.1) is 28.0 Å². The van der Waals surface area contributed by atoms with Gasteiger partial charge in [-0.1, -0.05) is 68.0 Å². The Balaban J connectivity index is 1.37. The molecule has 1 saturated carbocycles. The maximum absolute atomic E-state index is 14.1. The Morgan fingerprint density at radius 3 is 2.58 bits per heavy atom. The number of hydrogen-bond acceptors (Lipinski definition) is 5. The normalized spacial score (nSPS) is 29.3. The predicted molar refractivity (Wildman–Crippen MR) is 156 cm³/mol. The van der Waals surface area contributed by atoms with E-state index in [1.807, 2.05) is 12.2 Å². The number of nitrogens with zero attached hydrogens (tertiary/aromatic N) is 2. The fraction of sp³-hybridized carbons (Fsp3) is 0.633. The standard InChI is InChI=1S/C30H40Cl2N4O4/c1-3-4-15-35(2)16-8-17-36-26(28(38)33-19-9-6-5-7-10-19)30-14-13-23(40-30)24(25(30)29(36)39)27(37)34-20-11-12-21(31)22(32)18-20/h11-14,18-19,23-26H,3-10,15-17H2,1-2H3,(H,33,38)(H,34,37)/t23-,24?,25-,26?,30?/m1/s1. The minimum Gasteiger partial charge on any atom is -0.359 e. The minimum atomic E-state index is -1.16. The van der Waals surface area contributed by atoms with Crippen molar-refractivity contribution in [2.24, 2.45) is 11.8 Å². The van der Waals surface area contributed by atoms with Crippen LogP contribution in [0.2, 0.25) is 10.0 Å². The van der Waals surface area contributed by atoms with Crippen molar-refractivity contribution in [3.05, 3.63) is 40.4 Å². The fourth-order valence-electron chi connectivity index (χ4n) is 6.89. The largest absolute Gasteiger partial charge is 0.359 e. The Labute approximate surface area is 246 Å². The number of hydrogen-bond donors (Lipinski definition) is 2. The third-order valence-corrected chi connectivity index (χ3v) is 9.63. The molecule has 3 fully saturated rings. The van der Waals surface area contributed by atoms with Crippen molar-refractivity contribution in [1.29, 1.82) is 0 Å². The molecule has 3 unspecified atom stereocenters. The lowest BCUT2D eigenvalue weighted by atomic mass is 9.74. The molecule has 2 bridgehead atoms. The Morgan fingerprint density at radius 1 is 1.10 bits per heavy atom. The lowest BCUT2D eigenvalue weighted by Crippen LogP contribution is -2.56. The summed E-state index contributed by atoms with van der Waals surface area (Å²) in [5, 5.41) is 6.85. The highest BCUT2D eigenvalue weighted by Gasteiger charge is 2.72. The maximum atomic E-state index is 14.1. The number of nitrogens with one attached hydrogen (secondary N) is 2. The highest BCUT2D eigenvalue weighted by Crippen LogP contribution is 2.55. The van der Waals surface area contributed by atoms with Gasteiger partial charge in [0.2, 0.25) is 17.7 Å². The summed E-state index contributed by atoms with van der Waals surface area (Å²) in [6, 6.07) is 4.16. The predicted octanol–water partition coefficient (Wildman–Crippen LogP) is 4.65. The van der Waals surface area contributed by atoms with Crippen molar-refractivity contribution in [3.8, 4) is 0 Å². The first kappa shape index (κ1) is 29.4. The second-order valence-electron chi connectivity index (χ2n) is 11.7. The van der Waals surface area contributed by atoms with Gasteiger partial charge in [0.15, 0.2) is 0 Å². The summed E-state index contributed by atoms with van der Waals surface area (Å²) in [4.78, 5) is 45.6. The zero-order valence-corrected chi connectivity index (χ0v) is 24.8. The Morgan fingerprint density at radius 2 is 1.85 bits per heavy atom. The van der Waals surface area contributed by atoms with E-state index in [2.05, 4.69) is 29.5 Å². The molecule has 1 spiro atoms. The lowest BCUT2D eigenvalue weighted by Gasteiger charge is -2.34. The fourth-order valence-corrected chi connectivity index (χ4v) is 7.18. The van der Waals surface area contributed by atoms with E-state index in [9.17, 15) is 14.4 Å². The zero-order valence-electron chi connectivity index (χ0n) is 23.3. The molecular weight excluding hydrogens is 551 g/mol. The average Bonchev–Trinajstić information content (AvgIpc) is 3.57. The van der Waals surface area contributed by atoms with Crippen LogP contribution in [0.4, 0.5) is 5.69 Å². The van der Waals surface area contributed by atoms with E-state index in [1.54, 1.807) is 23.1 Å². The first-order valence-corrected chi connectivity index (χ1v) is 15.4. The van der Waals surface area contributed by atoms with Crippen molar-refractivity contribution in [3.63, 3.8) is 0 Å². The molecule has 8 nitrogen and oxygen atoms in total. The molecule has 0 aromatic heterocycles. The summed E-state index contributed by atoms with van der Waals surface area (Å²) >= 11 is 12.2. The Bertz CT molecular complexity index is 1160. The quantitative estimate of drug-likeness (QED) is 0.366. The second kappa shape index (κ2) is 12.4. The van der Waals surface area contributed by atoms with Crippen LogP contribution in [0.3, 0.4) is 0 Å². The molecule has 10 heteroatoms. The van der Waals surface area contributed by atoms with E-state index in [-0.39, 0.29) is 23.8 Å². The molecule has 1 aromatic rings. The maximum Gasteiger partial charge on any atom is 0.246 e. The van der Waals surface area contributed by atoms with Gasteiger partial charge in [-0.15, -0.1) is 0 Å². The summed E-state index contributed by atoms with van der Waals surface area (Å²) in [5.41, 5.74) is -0.668. The molecular formula is C30H40Cl2N4O4. The minimum absolute atomic E-state index is 0.102. The number of carbonyl (C=O) groups is 3. The van der Waals surface area contributed by atoms with Crippen LogP contribution in [0.5, 0.6) is 0 Å². The number of ether oxygens (including phenoxy) is 1. The molecule has 3 heterocycles. The van der Waals surface area contributed by atoms with Crippen LogP contribution < -0.4 is 10.6 Å². The van der Waals surface area contributed by atoms with Crippen LogP contribution in [-0.4, -0.2) is 78.0 Å². The third kappa shape index (κ3) is 5.65. The van der Waals surface area contributed by atoms with Crippen LogP contribution in [0.1, 0.15) is 58.3 Å². The number of unbranched alkanes of at least 4 members (excludes halogenated alkanes) is 1. The van der Waals surface area contributed by atoms with Gasteiger partial charge in [0.1, 0.15) is 11.6 Å². The second-order valence-corrected chi connectivity index (χ2v) is 12.5. The smallest absolute Gasteiger partial charge is 0.246 e. The molecule has 1 aromatic carbocycles. The van der Waals surface area contributed by atoms with Crippen molar-refractivity contribution in [2.75, 3.05) is 32.0 Å². The molecule has 3 amide bonds. The van der Waals surface area contributed by atoms with Crippen LogP contribution in [0, 0.1) is 11.8 Å². The lowest BCUT2D eigenvalue weighted by molar-refractivity contribution is -0.141. The summed E-state index contributed by atoms with van der Waals surface area (Å²) in [5.74, 6) is -2.24. The van der Waals surface area contributed by atoms with E-state index < -0.39 is 29.6 Å². The molecule has 3 aliphatic heterocycles. The van der Waals surface area contributed by atoms with Gasteiger partial charge in [-0.3, -0.25) is 14.4 Å². The van der Waals surface area contributed by atoms with Gasteiger partial charge >= 0.3 is 0 Å². The summed E-state index contributed by atoms with van der Waals surface area (Å²) in [6.45, 7) is 4.41. The Kier molecular flexibility index (Phi) is 9.10. The van der Waals surface area contributed by atoms with Crippen molar-refractivity contribution >= 4 is 46.6 Å². The van der Waals surface area contributed by atoms with Crippen molar-refractivity contribution in [1.82, 2.24) is 15.1 Å². The topological polar surface area (TPSA) is 91.0 Å². The van der Waals surface area contributed by atoms with E-state index in [0.29, 0.717) is 22.3 Å². The summed E-state index contributed by atoms with van der Waals surface area (Å²) in [7, 11) is 2.08. The van der Waals surface area contributed by atoms with Crippen molar-refractivity contribution in [2.45, 2.75) is 82.1 Å². The van der Waals surface area contributed by atoms with Crippen molar-refractivity contribution < 1.29 is 19.1 Å². The first-order chi connectivity index (χ1) is 19.2. The van der Waals surface area contributed by atoms with Gasteiger partial charge in [-0.2, -0.15) is 0 Å². The molecule has 2 N–H and O–H groups in total. The van der Waals surface area contributed by atoms with Gasteiger partial charge in [0, 0.05) is 18.3 Å². The molecule has 0 radical (unpaired) electrons. The van der Waals surface area contributed by atoms with E-state index in [1.165, 1.54) is 6.42 Å². The average molecular weight is 592 g/mol. The number of likely N-dealkylation sites (tertiary alicyclic amines) is 1. The number of fused-ring (bicyclic) bond motifs is 1. The SMILES string of the molecule is CCCCN(C)CCCN1C(=O)[C@H]2C(C(=O)Nc3ccc(Cl)c(Cl)c3)[C@H]3C=CC2(O3)C1C(=O)NC1CCCCC1. The van der Waals surface area contributed by atoms with Gasteiger partial charge in [-0.05, 0) is 64.0 Å². The molecule has 4 aliphatic rings. The molecule has 218 valence electrons. The number of carbonyl (C=O) groups excluding carboxylic acids is 3. The van der Waals surface area contributed by atoms with Gasteiger partial charge in [0.25, 0.3) is 0 Å². The molecule has 40 heavy (non-hydrogen) atoms. The van der Waals surface area contributed by atoms with Crippen LogP contribution in [0.15, 0.2) is 30.4 Å². The monoisotopic (exact) mass is 590 g/mol. The number of anilines is 1. The van der Waals surface area contributed by atoms with E-state index in [4.69, 9.17) is 27.9 Å². The highest BCUT2D eigenvalue weighted by molar-refractivity contribution is 6.42. The molecule has 2 saturated heterocycles. The third-order valence-electron chi connectivity index (χ3n) is 8.90. The molecule has 1 aliphatic carbocycles. The first-order valence-electron chi connectivity index (χ1n) is 14.7. The van der Waals surface area contributed by atoms with Crippen LogP contribution >= 0.6 is 23.2 Å². The summed E-state index contributed by atoms with van der Waals surface area (Å²) in [6.07, 6.45) is 11.3. The number of amides is 3. The number of halogens is 2. The van der Waals surface area contributed by atoms with Gasteiger partial charge < -0.3 is 25.2 Å². The number of rotatable bonds is 11. The molecule has 5 atom stereocenters. The highest BCUT2D eigenvalue weighted by atomic mass is 35.5. The van der Waals surface area contributed by atoms with Gasteiger partial charge in [-0.25, -0.2) is 0 Å². The van der Waals surface area contributed by atoms with Crippen LogP contribution in [0.25, 0.3) is 0 Å². The molecule has 5 rings (SSSR count). The zero-order chi connectivity index (χ0) is 28.4. The van der Waals surface area contributed by atoms with E-state index >= 15 is 0 Å². The summed E-state index contributed by atoms with van der Waals surface area (Å²) < 4.78 is 6.45. The van der Waals surface area contributed by atoms with Crippen LogP contribution in [-0.2, 0) is 19.1 Å². The van der Waals surface area contributed by atoms with E-state index in [0.717, 1.165) is 58.0 Å². The Hall–Kier alpha value is -2.13. The number of benzene rings is 1.